The number of aromatic nitrogens is 4. The van der Waals surface area contributed by atoms with Gasteiger partial charge in [0.15, 0.2) is 5.82 Å². The Hall–Kier alpha value is -3.94. The Kier molecular flexibility index (Phi) is 5.64. The molecule has 33 heavy (non-hydrogen) atoms. The van der Waals surface area contributed by atoms with E-state index in [1.54, 1.807) is 30.9 Å². The lowest BCUT2D eigenvalue weighted by Gasteiger charge is -2.10. The van der Waals surface area contributed by atoms with E-state index in [-0.39, 0.29) is 18.0 Å². The molecule has 6 nitrogen and oxygen atoms in total. The van der Waals surface area contributed by atoms with Crippen molar-refractivity contribution in [1.82, 2.24) is 24.8 Å². The number of nitrogens with zero attached hydrogens (tertiary/aromatic N) is 4. The third-order valence-corrected chi connectivity index (χ3v) is 5.64. The highest BCUT2D eigenvalue weighted by atomic mass is 19.1. The van der Waals surface area contributed by atoms with Crippen molar-refractivity contribution in [3.8, 4) is 22.5 Å². The molecule has 4 aromatic rings. The molecule has 3 heterocycles. The molecule has 0 atom stereocenters. The molecule has 1 amide bonds. The molecule has 166 valence electrons. The van der Waals surface area contributed by atoms with Crippen molar-refractivity contribution < 1.29 is 13.6 Å². The highest BCUT2D eigenvalue weighted by Crippen LogP contribution is 2.32. The lowest BCUT2D eigenvalue weighted by Crippen LogP contribution is -2.26. The van der Waals surface area contributed by atoms with Crippen molar-refractivity contribution in [2.24, 2.45) is 5.92 Å². The van der Waals surface area contributed by atoms with Crippen molar-refractivity contribution >= 4 is 5.91 Å². The monoisotopic (exact) mass is 445 g/mol. The first-order valence-corrected chi connectivity index (χ1v) is 10.7. The average Bonchev–Trinajstić information content (AvgIpc) is 3.55. The quantitative estimate of drug-likeness (QED) is 0.450. The van der Waals surface area contributed by atoms with Crippen molar-refractivity contribution in [2.75, 3.05) is 0 Å². The molecule has 0 aliphatic heterocycles. The van der Waals surface area contributed by atoms with E-state index in [1.165, 1.54) is 12.1 Å². The van der Waals surface area contributed by atoms with E-state index in [1.807, 2.05) is 22.9 Å². The van der Waals surface area contributed by atoms with Gasteiger partial charge in [-0.15, -0.1) is 0 Å². The normalized spacial score (nSPS) is 13.2. The van der Waals surface area contributed by atoms with Crippen molar-refractivity contribution in [2.45, 2.75) is 25.9 Å². The summed E-state index contributed by atoms with van der Waals surface area (Å²) < 4.78 is 29.0. The van der Waals surface area contributed by atoms with Crippen LogP contribution in [0.2, 0.25) is 0 Å². The van der Waals surface area contributed by atoms with Gasteiger partial charge >= 0.3 is 0 Å². The maximum absolute atomic E-state index is 13.9. The highest BCUT2D eigenvalue weighted by Gasteiger charge is 2.25. The Labute approximate surface area is 189 Å². The zero-order valence-electron chi connectivity index (χ0n) is 17.7. The second-order valence-electron chi connectivity index (χ2n) is 8.17. The van der Waals surface area contributed by atoms with Crippen LogP contribution in [0.25, 0.3) is 22.5 Å². The minimum Gasteiger partial charge on any atom is -0.347 e. The number of hydrogen-bond acceptors (Lipinski definition) is 4. The predicted octanol–water partition coefficient (Wildman–Crippen LogP) is 4.63. The fourth-order valence-corrected chi connectivity index (χ4v) is 3.64. The van der Waals surface area contributed by atoms with Crippen LogP contribution in [0.15, 0.2) is 67.4 Å². The van der Waals surface area contributed by atoms with Gasteiger partial charge in [-0.1, -0.05) is 6.07 Å². The van der Waals surface area contributed by atoms with E-state index >= 15 is 0 Å². The zero-order chi connectivity index (χ0) is 22.8. The van der Waals surface area contributed by atoms with Crippen LogP contribution in [0.3, 0.4) is 0 Å². The van der Waals surface area contributed by atoms with E-state index in [2.05, 4.69) is 20.3 Å². The Balaban J connectivity index is 1.37. The van der Waals surface area contributed by atoms with E-state index in [0.29, 0.717) is 17.4 Å². The Morgan fingerprint density at radius 2 is 1.85 bits per heavy atom. The third-order valence-electron chi connectivity index (χ3n) is 5.64. The number of hydrogen-bond donors (Lipinski definition) is 1. The van der Waals surface area contributed by atoms with Crippen LogP contribution in [0, 0.1) is 17.6 Å². The minimum atomic E-state index is -0.685. The highest BCUT2D eigenvalue weighted by molar-refractivity contribution is 5.94. The Morgan fingerprint density at radius 3 is 2.55 bits per heavy atom. The SMILES string of the molecule is O=C(NCc1ccc(F)cc1F)c1cc(-c2cnc(-c3cccnc3)nc2)cn1CC1CC1. The van der Waals surface area contributed by atoms with Crippen molar-refractivity contribution in [1.29, 1.82) is 0 Å². The van der Waals surface area contributed by atoms with Crippen LogP contribution in [-0.2, 0) is 13.1 Å². The summed E-state index contributed by atoms with van der Waals surface area (Å²) in [6, 6.07) is 8.83. The summed E-state index contributed by atoms with van der Waals surface area (Å²) in [6.07, 6.45) is 11.0. The second-order valence-corrected chi connectivity index (χ2v) is 8.17. The molecule has 1 saturated carbocycles. The van der Waals surface area contributed by atoms with Gasteiger partial charge in [0.25, 0.3) is 5.91 Å². The van der Waals surface area contributed by atoms with Gasteiger partial charge in [-0.2, -0.15) is 0 Å². The first kappa shape index (κ1) is 20.9. The molecule has 0 bridgehead atoms. The number of rotatable bonds is 7. The van der Waals surface area contributed by atoms with Crippen LogP contribution in [-0.4, -0.2) is 25.4 Å². The average molecular weight is 445 g/mol. The lowest BCUT2D eigenvalue weighted by atomic mass is 10.1. The molecular formula is C25H21F2N5O. The summed E-state index contributed by atoms with van der Waals surface area (Å²) in [5.41, 5.74) is 3.14. The second kappa shape index (κ2) is 8.90. The van der Waals surface area contributed by atoms with Gasteiger partial charge in [-0.25, -0.2) is 18.7 Å². The summed E-state index contributed by atoms with van der Waals surface area (Å²) in [5, 5.41) is 2.74. The topological polar surface area (TPSA) is 72.7 Å². The summed E-state index contributed by atoms with van der Waals surface area (Å²) in [7, 11) is 0. The molecule has 1 fully saturated rings. The van der Waals surface area contributed by atoms with Gasteiger partial charge in [0.1, 0.15) is 17.3 Å². The number of carbonyl (C=O) groups is 1. The van der Waals surface area contributed by atoms with Gasteiger partial charge in [-0.3, -0.25) is 9.78 Å². The predicted molar refractivity (Wildman–Crippen MR) is 119 cm³/mol. The molecule has 1 aromatic carbocycles. The van der Waals surface area contributed by atoms with Gasteiger partial charge in [-0.05, 0) is 43.0 Å². The fourth-order valence-electron chi connectivity index (χ4n) is 3.64. The Bertz CT molecular complexity index is 1280. The standard InChI is InChI=1S/C25H21F2N5O/c26-21-6-5-17(22(27)9-21)11-31-25(33)23-8-19(15-32(23)14-16-3-4-16)20-12-29-24(30-13-20)18-2-1-7-28-10-18/h1-2,5-10,12-13,15-16H,3-4,11,14H2,(H,31,33). The number of benzene rings is 1. The van der Waals surface area contributed by atoms with E-state index < -0.39 is 11.6 Å². The molecule has 0 unspecified atom stereocenters. The molecule has 0 saturated heterocycles. The molecule has 5 rings (SSSR count). The number of nitrogens with one attached hydrogen (secondary N) is 1. The maximum atomic E-state index is 13.9. The van der Waals surface area contributed by atoms with Crippen LogP contribution in [0.1, 0.15) is 28.9 Å². The van der Waals surface area contributed by atoms with E-state index in [9.17, 15) is 13.6 Å². The molecule has 1 aliphatic rings. The molecule has 0 radical (unpaired) electrons. The molecular weight excluding hydrogens is 424 g/mol. The third kappa shape index (κ3) is 4.79. The fraction of sp³-hybridized carbons (Fsp3) is 0.200. The molecule has 3 aromatic heterocycles. The summed E-state index contributed by atoms with van der Waals surface area (Å²) >= 11 is 0. The minimum absolute atomic E-state index is 0.0300. The van der Waals surface area contributed by atoms with Gasteiger partial charge in [0.05, 0.1) is 0 Å². The van der Waals surface area contributed by atoms with Crippen molar-refractivity contribution in [3.63, 3.8) is 0 Å². The number of halogens is 2. The smallest absolute Gasteiger partial charge is 0.268 e. The summed E-state index contributed by atoms with van der Waals surface area (Å²) in [5.74, 6) is -0.532. The molecule has 1 aliphatic carbocycles. The van der Waals surface area contributed by atoms with Gasteiger partial charge in [0, 0.05) is 72.4 Å². The van der Waals surface area contributed by atoms with Crippen LogP contribution in [0.5, 0.6) is 0 Å². The van der Waals surface area contributed by atoms with E-state index in [4.69, 9.17) is 0 Å². The van der Waals surface area contributed by atoms with Crippen LogP contribution < -0.4 is 5.32 Å². The zero-order valence-corrected chi connectivity index (χ0v) is 17.7. The van der Waals surface area contributed by atoms with Crippen LogP contribution >= 0.6 is 0 Å². The molecule has 1 N–H and O–H groups in total. The molecule has 8 heteroatoms. The van der Waals surface area contributed by atoms with Crippen molar-refractivity contribution in [3.05, 3.63) is 90.3 Å². The Morgan fingerprint density at radius 1 is 1.03 bits per heavy atom. The van der Waals surface area contributed by atoms with Gasteiger partial charge in [0.2, 0.25) is 0 Å². The number of pyridine rings is 1. The first-order chi connectivity index (χ1) is 16.1. The van der Waals surface area contributed by atoms with Crippen LogP contribution in [0.4, 0.5) is 8.78 Å². The first-order valence-electron chi connectivity index (χ1n) is 10.7. The number of carbonyl (C=O) groups excluding carboxylic acids is 1. The maximum Gasteiger partial charge on any atom is 0.268 e. The largest absolute Gasteiger partial charge is 0.347 e. The lowest BCUT2D eigenvalue weighted by molar-refractivity contribution is 0.0941. The molecule has 0 spiro atoms. The summed E-state index contributed by atoms with van der Waals surface area (Å²) in [6.45, 7) is 0.708. The number of amides is 1. The summed E-state index contributed by atoms with van der Waals surface area (Å²) in [4.78, 5) is 25.9. The van der Waals surface area contributed by atoms with Gasteiger partial charge < -0.3 is 9.88 Å². The van der Waals surface area contributed by atoms with E-state index in [0.717, 1.165) is 42.1 Å².